The van der Waals surface area contributed by atoms with E-state index < -0.39 is 27.9 Å². The molecule has 0 radical (unpaired) electrons. The molecule has 1 saturated heterocycles. The fourth-order valence-corrected chi connectivity index (χ4v) is 4.72. The third kappa shape index (κ3) is 4.17. The van der Waals surface area contributed by atoms with Gasteiger partial charge in [-0.25, -0.2) is 12.7 Å². The number of unbranched alkanes of at least 4 members (excludes halogenated alkanes) is 2. The Kier molecular flexibility index (Phi) is 6.63. The Hall–Kier alpha value is -2.09. The number of amides is 2. The van der Waals surface area contributed by atoms with Gasteiger partial charge in [0.1, 0.15) is 11.8 Å². The number of hydrogen-bond donors (Lipinski definition) is 1. The zero-order valence-corrected chi connectivity index (χ0v) is 16.3. The molecular weight excluding hydrogens is 356 g/mol. The van der Waals surface area contributed by atoms with Gasteiger partial charge in [0.05, 0.1) is 12.0 Å². The summed E-state index contributed by atoms with van der Waals surface area (Å²) in [7, 11) is -2.60. The van der Waals surface area contributed by atoms with Crippen molar-refractivity contribution in [2.45, 2.75) is 56.9 Å². The van der Waals surface area contributed by atoms with Gasteiger partial charge in [-0.3, -0.25) is 9.59 Å². The van der Waals surface area contributed by atoms with Crippen molar-refractivity contribution in [2.24, 2.45) is 0 Å². The van der Waals surface area contributed by atoms with Crippen molar-refractivity contribution in [3.8, 4) is 5.75 Å². The second-order valence-electron chi connectivity index (χ2n) is 6.38. The van der Waals surface area contributed by atoms with Gasteiger partial charge in [0, 0.05) is 13.0 Å². The highest BCUT2D eigenvalue weighted by molar-refractivity contribution is 7.89. The molecule has 144 valence electrons. The van der Waals surface area contributed by atoms with Crippen molar-refractivity contribution >= 4 is 21.8 Å². The lowest BCUT2D eigenvalue weighted by atomic mass is 10.2. The highest BCUT2D eigenvalue weighted by Gasteiger charge is 2.44. The van der Waals surface area contributed by atoms with E-state index in [4.69, 9.17) is 4.74 Å². The maximum Gasteiger partial charge on any atom is 0.267 e. The first-order valence-corrected chi connectivity index (χ1v) is 10.3. The fraction of sp³-hybridized carbons (Fsp3) is 0.556. The molecule has 0 unspecified atom stereocenters. The van der Waals surface area contributed by atoms with Gasteiger partial charge >= 0.3 is 0 Å². The lowest BCUT2D eigenvalue weighted by Crippen LogP contribution is -2.47. The molecule has 1 aliphatic rings. The quantitative estimate of drug-likeness (QED) is 0.694. The minimum absolute atomic E-state index is 0.0187. The van der Waals surface area contributed by atoms with Crippen molar-refractivity contribution in [2.75, 3.05) is 13.7 Å². The molecule has 1 aromatic carbocycles. The minimum Gasteiger partial charge on any atom is -0.496 e. The van der Waals surface area contributed by atoms with Gasteiger partial charge in [-0.2, -0.15) is 0 Å². The summed E-state index contributed by atoms with van der Waals surface area (Å²) in [4.78, 5) is 24.6. The van der Waals surface area contributed by atoms with Crippen LogP contribution in [0.25, 0.3) is 0 Å². The van der Waals surface area contributed by atoms with Crippen LogP contribution in [0, 0.1) is 6.92 Å². The number of rotatable bonds is 8. The van der Waals surface area contributed by atoms with Gasteiger partial charge in [0.25, 0.3) is 10.0 Å². The van der Waals surface area contributed by atoms with Crippen molar-refractivity contribution in [3.05, 3.63) is 23.8 Å². The average Bonchev–Trinajstić information content (AvgIpc) is 3.01. The molecule has 1 heterocycles. The Morgan fingerprint density at radius 1 is 1.35 bits per heavy atom. The number of sulfonamides is 1. The Morgan fingerprint density at radius 3 is 2.69 bits per heavy atom. The monoisotopic (exact) mass is 382 g/mol. The van der Waals surface area contributed by atoms with Crippen molar-refractivity contribution < 1.29 is 22.7 Å². The van der Waals surface area contributed by atoms with Gasteiger partial charge in [-0.05, 0) is 43.5 Å². The number of hydrogen-bond acceptors (Lipinski definition) is 5. The molecule has 2 amide bonds. The number of carbonyl (C=O) groups is 2. The van der Waals surface area contributed by atoms with E-state index in [1.165, 1.54) is 19.2 Å². The summed E-state index contributed by atoms with van der Waals surface area (Å²) in [5.74, 6) is -0.408. The zero-order valence-electron chi connectivity index (χ0n) is 15.4. The molecule has 1 fully saturated rings. The molecule has 1 N–H and O–H groups in total. The van der Waals surface area contributed by atoms with Crippen LogP contribution in [0.5, 0.6) is 5.75 Å². The van der Waals surface area contributed by atoms with Gasteiger partial charge in [0.15, 0.2) is 0 Å². The van der Waals surface area contributed by atoms with Gasteiger partial charge < -0.3 is 10.1 Å². The predicted octanol–water partition coefficient (Wildman–Crippen LogP) is 1.99. The molecule has 1 atom stereocenters. The van der Waals surface area contributed by atoms with E-state index in [1.54, 1.807) is 13.0 Å². The summed E-state index contributed by atoms with van der Waals surface area (Å²) in [5, 5.41) is 2.75. The van der Waals surface area contributed by atoms with Gasteiger partial charge in [-0.1, -0.05) is 19.8 Å². The standard InChI is InChI=1S/C18H26N2O5S/c1-4-5-6-11-19-18(22)15-8-10-17(21)20(15)26(23,24)14-7-9-16(25-3)13(2)12-14/h7,9,12,15H,4-6,8,10-11H2,1-3H3,(H,19,22)/t15-/m1/s1. The number of carbonyl (C=O) groups excluding carboxylic acids is 2. The Morgan fingerprint density at radius 2 is 2.08 bits per heavy atom. The molecule has 0 aromatic heterocycles. The van der Waals surface area contributed by atoms with E-state index in [-0.39, 0.29) is 17.7 Å². The summed E-state index contributed by atoms with van der Waals surface area (Å²) >= 11 is 0. The van der Waals surface area contributed by atoms with Crippen LogP contribution in [0.3, 0.4) is 0 Å². The maximum atomic E-state index is 13.0. The van der Waals surface area contributed by atoms with Crippen LogP contribution in [0.4, 0.5) is 0 Å². The van der Waals surface area contributed by atoms with Crippen LogP contribution in [0.1, 0.15) is 44.6 Å². The first kappa shape index (κ1) is 20.2. The molecule has 0 saturated carbocycles. The highest BCUT2D eigenvalue weighted by Crippen LogP contribution is 2.29. The van der Waals surface area contributed by atoms with Crippen LogP contribution < -0.4 is 10.1 Å². The van der Waals surface area contributed by atoms with Crippen molar-refractivity contribution in [1.82, 2.24) is 9.62 Å². The molecular formula is C18H26N2O5S. The number of ether oxygens (including phenoxy) is 1. The first-order chi connectivity index (χ1) is 12.3. The van der Waals surface area contributed by atoms with Crippen LogP contribution in [0.15, 0.2) is 23.1 Å². The lowest BCUT2D eigenvalue weighted by molar-refractivity contribution is -0.130. The number of aryl methyl sites for hydroxylation is 1. The maximum absolute atomic E-state index is 13.0. The third-order valence-electron chi connectivity index (χ3n) is 4.47. The summed E-state index contributed by atoms with van der Waals surface area (Å²) in [6.45, 7) is 4.26. The SMILES string of the molecule is CCCCCNC(=O)[C@H]1CCC(=O)N1S(=O)(=O)c1ccc(OC)c(C)c1. The Balaban J connectivity index is 2.23. The van der Waals surface area contributed by atoms with E-state index in [0.29, 0.717) is 17.9 Å². The average molecular weight is 382 g/mol. The van der Waals surface area contributed by atoms with Crippen LogP contribution in [-0.2, 0) is 19.6 Å². The largest absolute Gasteiger partial charge is 0.496 e. The molecule has 0 aliphatic carbocycles. The summed E-state index contributed by atoms with van der Waals surface area (Å²) in [5.41, 5.74) is 0.640. The van der Waals surface area contributed by atoms with Gasteiger partial charge in [0.2, 0.25) is 11.8 Å². The van der Waals surface area contributed by atoms with Crippen LogP contribution in [0.2, 0.25) is 0 Å². The fourth-order valence-electron chi connectivity index (χ4n) is 3.03. The summed E-state index contributed by atoms with van der Waals surface area (Å²) < 4.78 is 31.8. The molecule has 8 heteroatoms. The molecule has 0 spiro atoms. The predicted molar refractivity (Wildman–Crippen MR) is 97.3 cm³/mol. The molecule has 7 nitrogen and oxygen atoms in total. The normalized spacial score (nSPS) is 17.4. The summed E-state index contributed by atoms with van der Waals surface area (Å²) in [6.07, 6.45) is 3.08. The molecule has 26 heavy (non-hydrogen) atoms. The number of nitrogens with zero attached hydrogens (tertiary/aromatic N) is 1. The van der Waals surface area contributed by atoms with Crippen molar-refractivity contribution in [1.29, 1.82) is 0 Å². The molecule has 0 bridgehead atoms. The second kappa shape index (κ2) is 8.53. The zero-order chi connectivity index (χ0) is 19.3. The molecule has 2 rings (SSSR count). The van der Waals surface area contributed by atoms with E-state index in [2.05, 4.69) is 12.2 Å². The second-order valence-corrected chi connectivity index (χ2v) is 8.19. The number of nitrogens with one attached hydrogen (secondary N) is 1. The number of benzene rings is 1. The molecule has 1 aromatic rings. The molecule has 1 aliphatic heterocycles. The topological polar surface area (TPSA) is 92.8 Å². The Labute approximate surface area is 154 Å². The van der Waals surface area contributed by atoms with Crippen LogP contribution >= 0.6 is 0 Å². The number of methoxy groups -OCH3 is 1. The van der Waals surface area contributed by atoms with E-state index in [9.17, 15) is 18.0 Å². The summed E-state index contributed by atoms with van der Waals surface area (Å²) in [6, 6.07) is 3.40. The van der Waals surface area contributed by atoms with Gasteiger partial charge in [-0.15, -0.1) is 0 Å². The van der Waals surface area contributed by atoms with E-state index in [1.807, 2.05) is 0 Å². The lowest BCUT2D eigenvalue weighted by Gasteiger charge is -2.24. The minimum atomic E-state index is -4.10. The van der Waals surface area contributed by atoms with E-state index in [0.717, 1.165) is 23.6 Å². The first-order valence-electron chi connectivity index (χ1n) is 8.82. The Bertz CT molecular complexity index is 776. The van der Waals surface area contributed by atoms with Crippen LogP contribution in [-0.4, -0.2) is 44.2 Å². The third-order valence-corrected chi connectivity index (χ3v) is 6.29. The van der Waals surface area contributed by atoms with Crippen molar-refractivity contribution in [3.63, 3.8) is 0 Å². The highest BCUT2D eigenvalue weighted by atomic mass is 32.2. The smallest absolute Gasteiger partial charge is 0.267 e. The van der Waals surface area contributed by atoms with E-state index >= 15 is 0 Å².